The first kappa shape index (κ1) is 16.5. The smallest absolute Gasteiger partial charge is 0.284 e. The van der Waals surface area contributed by atoms with Crippen LogP contribution in [0.1, 0.15) is 26.5 Å². The monoisotopic (exact) mass is 340 g/mol. The Morgan fingerprint density at radius 2 is 1.84 bits per heavy atom. The molecule has 2 aromatic carbocycles. The lowest BCUT2D eigenvalue weighted by Crippen LogP contribution is -2.18. The maximum atomic E-state index is 11.6. The Labute approximate surface area is 142 Å². The molecule has 0 spiro atoms. The molecule has 0 aliphatic rings. The van der Waals surface area contributed by atoms with Gasteiger partial charge in [-0.15, -0.1) is 0 Å². The average molecular weight is 340 g/mol. The summed E-state index contributed by atoms with van der Waals surface area (Å²) in [5.74, 6) is -0.518. The molecule has 7 heteroatoms. The summed E-state index contributed by atoms with van der Waals surface area (Å²) < 4.78 is 11.2. The number of benzene rings is 2. The number of carbonyl (C=O) groups is 2. The highest BCUT2D eigenvalue weighted by atomic mass is 16.5. The van der Waals surface area contributed by atoms with Crippen LogP contribution in [0, 0.1) is 0 Å². The van der Waals surface area contributed by atoms with Gasteiger partial charge in [0.25, 0.3) is 11.8 Å². The number of primary amides is 1. The van der Waals surface area contributed by atoms with E-state index in [4.69, 9.17) is 20.1 Å². The molecule has 3 aromatic rings. The molecule has 25 heavy (non-hydrogen) atoms. The number of hydrogen-bond acceptors (Lipinski definition) is 5. The highest BCUT2D eigenvalue weighted by molar-refractivity contribution is 5.98. The van der Waals surface area contributed by atoms with E-state index in [9.17, 15) is 9.59 Å². The van der Waals surface area contributed by atoms with Crippen LogP contribution >= 0.6 is 0 Å². The predicted octanol–water partition coefficient (Wildman–Crippen LogP) is 2.27. The first-order chi connectivity index (χ1) is 12.1. The number of furan rings is 1. The minimum atomic E-state index is -0.620. The van der Waals surface area contributed by atoms with E-state index in [-0.39, 0.29) is 5.76 Å². The maximum absolute atomic E-state index is 11.6. The fourth-order valence-electron chi connectivity index (χ4n) is 2.58. The van der Waals surface area contributed by atoms with Crippen molar-refractivity contribution >= 4 is 22.8 Å². The van der Waals surface area contributed by atoms with Gasteiger partial charge in [0.2, 0.25) is 0 Å². The number of nitrogens with one attached hydrogen (secondary N) is 1. The molecule has 0 fully saturated rings. The molecule has 4 N–H and O–H groups in total. The first-order valence-electron chi connectivity index (χ1n) is 7.57. The van der Waals surface area contributed by atoms with Crippen molar-refractivity contribution in [1.29, 1.82) is 0 Å². The zero-order chi connectivity index (χ0) is 17.8. The normalized spacial score (nSPS) is 10.6. The summed E-state index contributed by atoms with van der Waals surface area (Å²) in [5.41, 5.74) is 8.57. The van der Waals surface area contributed by atoms with E-state index in [1.807, 2.05) is 18.2 Å². The van der Waals surface area contributed by atoms with E-state index in [2.05, 4.69) is 0 Å². The molecule has 0 unspecified atom stereocenters. The van der Waals surface area contributed by atoms with Crippen LogP contribution in [0.25, 0.3) is 11.0 Å². The molecular weight excluding hydrogens is 324 g/mol. The van der Waals surface area contributed by atoms with E-state index < -0.39 is 11.8 Å². The van der Waals surface area contributed by atoms with Gasteiger partial charge < -0.3 is 14.9 Å². The van der Waals surface area contributed by atoms with Gasteiger partial charge in [0.15, 0.2) is 5.76 Å². The number of carbonyl (C=O) groups excluding carboxylic acids is 2. The zero-order valence-electron chi connectivity index (χ0n) is 13.2. The molecule has 128 valence electrons. The van der Waals surface area contributed by atoms with E-state index in [0.717, 1.165) is 5.39 Å². The van der Waals surface area contributed by atoms with Crippen LogP contribution in [0.15, 0.2) is 52.9 Å². The summed E-state index contributed by atoms with van der Waals surface area (Å²) in [6, 6.07) is 13.6. The number of fused-ring (bicyclic) bond motifs is 1. The van der Waals surface area contributed by atoms with Crippen molar-refractivity contribution in [2.24, 2.45) is 5.73 Å². The van der Waals surface area contributed by atoms with Gasteiger partial charge in [-0.25, -0.2) is 5.48 Å². The molecule has 2 amide bonds. The van der Waals surface area contributed by atoms with Gasteiger partial charge in [0.05, 0.1) is 6.61 Å². The Morgan fingerprint density at radius 3 is 2.52 bits per heavy atom. The van der Waals surface area contributed by atoms with Crippen molar-refractivity contribution in [3.05, 3.63) is 65.4 Å². The van der Waals surface area contributed by atoms with Crippen molar-refractivity contribution < 1.29 is 24.0 Å². The van der Waals surface area contributed by atoms with Crippen molar-refractivity contribution in [2.45, 2.75) is 6.42 Å². The number of ether oxygens (including phenoxy) is 1. The van der Waals surface area contributed by atoms with Gasteiger partial charge in [-0.05, 0) is 30.3 Å². The fraction of sp³-hybridized carbons (Fsp3) is 0.111. The number of hydroxylamine groups is 1. The van der Waals surface area contributed by atoms with Gasteiger partial charge in [-0.2, -0.15) is 0 Å². The maximum Gasteiger partial charge on any atom is 0.284 e. The molecule has 0 aliphatic heterocycles. The quantitative estimate of drug-likeness (QED) is 0.470. The number of nitrogens with two attached hydrogens (primary N) is 1. The van der Waals surface area contributed by atoms with E-state index in [1.165, 1.54) is 12.1 Å². The Hall–Kier alpha value is -3.32. The van der Waals surface area contributed by atoms with Gasteiger partial charge in [0.1, 0.15) is 11.3 Å². The average Bonchev–Trinajstić information content (AvgIpc) is 3.01. The SMILES string of the molecule is NC(=O)c1oc2ccccc2c1CCOc1ccc(C(=O)NO)cc1. The summed E-state index contributed by atoms with van der Waals surface area (Å²) in [6.45, 7) is 0.301. The Bertz CT molecular complexity index is 915. The minimum Gasteiger partial charge on any atom is -0.493 e. The molecule has 0 aliphatic carbocycles. The van der Waals surface area contributed by atoms with E-state index >= 15 is 0 Å². The molecule has 0 saturated heterocycles. The Morgan fingerprint density at radius 1 is 1.12 bits per heavy atom. The second-order valence-corrected chi connectivity index (χ2v) is 5.33. The Balaban J connectivity index is 1.72. The lowest BCUT2D eigenvalue weighted by molar-refractivity contribution is 0.0706. The van der Waals surface area contributed by atoms with Crippen LogP contribution in [-0.2, 0) is 6.42 Å². The third-order valence-electron chi connectivity index (χ3n) is 3.76. The van der Waals surface area contributed by atoms with Crippen LogP contribution in [0.4, 0.5) is 0 Å². The molecule has 7 nitrogen and oxygen atoms in total. The molecule has 0 atom stereocenters. The van der Waals surface area contributed by atoms with Gasteiger partial charge in [0, 0.05) is 22.9 Å². The third kappa shape index (κ3) is 3.46. The van der Waals surface area contributed by atoms with Crippen LogP contribution in [0.5, 0.6) is 5.75 Å². The molecule has 3 rings (SSSR count). The number of hydrogen-bond donors (Lipinski definition) is 3. The molecule has 0 radical (unpaired) electrons. The topological polar surface area (TPSA) is 115 Å². The van der Waals surface area contributed by atoms with Crippen LogP contribution in [-0.4, -0.2) is 23.6 Å². The van der Waals surface area contributed by atoms with Gasteiger partial charge in [-0.1, -0.05) is 18.2 Å². The molecule has 0 saturated carbocycles. The third-order valence-corrected chi connectivity index (χ3v) is 3.76. The van der Waals surface area contributed by atoms with Crippen molar-refractivity contribution in [3.63, 3.8) is 0 Å². The molecule has 0 bridgehead atoms. The standard InChI is InChI=1S/C18H16N2O5/c19-17(21)16-14(13-3-1-2-4-15(13)25-16)9-10-24-12-7-5-11(6-8-12)18(22)20-23/h1-8,23H,9-10H2,(H2,19,21)(H,20,22). The van der Waals surface area contributed by atoms with Gasteiger partial charge >= 0.3 is 0 Å². The van der Waals surface area contributed by atoms with Crippen LogP contribution < -0.4 is 16.0 Å². The molecule has 1 heterocycles. The first-order valence-corrected chi connectivity index (χ1v) is 7.57. The summed E-state index contributed by atoms with van der Waals surface area (Å²) in [5, 5.41) is 9.41. The predicted molar refractivity (Wildman–Crippen MR) is 89.6 cm³/mol. The highest BCUT2D eigenvalue weighted by Gasteiger charge is 2.18. The highest BCUT2D eigenvalue weighted by Crippen LogP contribution is 2.26. The van der Waals surface area contributed by atoms with E-state index in [0.29, 0.717) is 35.5 Å². The van der Waals surface area contributed by atoms with Crippen LogP contribution in [0.2, 0.25) is 0 Å². The van der Waals surface area contributed by atoms with E-state index in [1.54, 1.807) is 23.7 Å². The fourth-order valence-corrected chi connectivity index (χ4v) is 2.58. The summed E-state index contributed by atoms with van der Waals surface area (Å²) in [6.07, 6.45) is 0.439. The number of amides is 2. The largest absolute Gasteiger partial charge is 0.493 e. The number of para-hydroxylation sites is 1. The van der Waals surface area contributed by atoms with Crippen molar-refractivity contribution in [2.75, 3.05) is 6.61 Å². The zero-order valence-corrected chi connectivity index (χ0v) is 13.2. The van der Waals surface area contributed by atoms with Crippen LogP contribution in [0.3, 0.4) is 0 Å². The lowest BCUT2D eigenvalue weighted by atomic mass is 10.1. The lowest BCUT2D eigenvalue weighted by Gasteiger charge is -2.07. The minimum absolute atomic E-state index is 0.139. The second kappa shape index (κ2) is 7.06. The Kier molecular flexibility index (Phi) is 4.67. The summed E-state index contributed by atoms with van der Waals surface area (Å²) >= 11 is 0. The second-order valence-electron chi connectivity index (χ2n) is 5.33. The summed E-state index contributed by atoms with van der Waals surface area (Å²) in [4.78, 5) is 22.8. The molecular formula is C18H16N2O5. The van der Waals surface area contributed by atoms with Gasteiger partial charge in [-0.3, -0.25) is 14.8 Å². The van der Waals surface area contributed by atoms with Crippen molar-refractivity contribution in [1.82, 2.24) is 5.48 Å². The number of rotatable bonds is 6. The molecule has 1 aromatic heterocycles. The summed E-state index contributed by atoms with van der Waals surface area (Å²) in [7, 11) is 0. The van der Waals surface area contributed by atoms with Crippen molar-refractivity contribution in [3.8, 4) is 5.75 Å².